The monoisotopic (exact) mass is 330 g/mol. The highest BCUT2D eigenvalue weighted by molar-refractivity contribution is 5.92. The van der Waals surface area contributed by atoms with Gasteiger partial charge in [-0.2, -0.15) is 0 Å². The van der Waals surface area contributed by atoms with Gasteiger partial charge in [-0.1, -0.05) is 66.7 Å². The average molecular weight is 330 g/mol. The zero-order valence-corrected chi connectivity index (χ0v) is 15.0. The van der Waals surface area contributed by atoms with Crippen molar-refractivity contribution >= 4 is 11.4 Å². The van der Waals surface area contributed by atoms with E-state index < -0.39 is 5.41 Å². The number of benzene rings is 2. The van der Waals surface area contributed by atoms with Gasteiger partial charge in [0.2, 0.25) is 0 Å². The van der Waals surface area contributed by atoms with Crippen molar-refractivity contribution in [3.05, 3.63) is 90.0 Å². The van der Waals surface area contributed by atoms with Gasteiger partial charge in [-0.05, 0) is 54.9 Å². The van der Waals surface area contributed by atoms with E-state index in [0.717, 1.165) is 25.7 Å². The molecule has 0 N–H and O–H groups in total. The largest absolute Gasteiger partial charge is 0.298 e. The van der Waals surface area contributed by atoms with Crippen LogP contribution in [0.25, 0.3) is 5.57 Å². The van der Waals surface area contributed by atoms with Gasteiger partial charge in [0.05, 0.1) is 0 Å². The molecule has 2 aromatic rings. The Morgan fingerprint density at radius 3 is 2.36 bits per heavy atom. The average Bonchev–Trinajstić information content (AvgIpc) is 2.65. The standard InChI is InChI=1S/C24H26O/c1-3-11-23(25)24(2)17-10-16-21(20-14-8-5-9-15-20)22(24)18-19-12-6-4-7-13-19/h3-9,12-15H,1,10-11,16-18H2,2H3. The van der Waals surface area contributed by atoms with Crippen molar-refractivity contribution in [2.24, 2.45) is 5.41 Å². The van der Waals surface area contributed by atoms with Crippen LogP contribution in [0.3, 0.4) is 0 Å². The lowest BCUT2D eigenvalue weighted by Crippen LogP contribution is -2.34. The van der Waals surface area contributed by atoms with Gasteiger partial charge in [0.15, 0.2) is 0 Å². The third kappa shape index (κ3) is 3.66. The maximum Gasteiger partial charge on any atom is 0.146 e. The van der Waals surface area contributed by atoms with Crippen molar-refractivity contribution in [2.75, 3.05) is 0 Å². The summed E-state index contributed by atoms with van der Waals surface area (Å²) in [4.78, 5) is 13.0. The minimum atomic E-state index is -0.395. The van der Waals surface area contributed by atoms with E-state index in [9.17, 15) is 4.79 Å². The molecule has 0 saturated heterocycles. The van der Waals surface area contributed by atoms with Gasteiger partial charge in [0, 0.05) is 11.8 Å². The molecule has 0 fully saturated rings. The smallest absolute Gasteiger partial charge is 0.146 e. The Morgan fingerprint density at radius 1 is 1.08 bits per heavy atom. The second kappa shape index (κ2) is 7.65. The molecule has 0 heterocycles. The van der Waals surface area contributed by atoms with E-state index in [-0.39, 0.29) is 0 Å². The molecule has 1 heteroatoms. The van der Waals surface area contributed by atoms with E-state index >= 15 is 0 Å². The van der Waals surface area contributed by atoms with Crippen LogP contribution in [0.2, 0.25) is 0 Å². The minimum Gasteiger partial charge on any atom is -0.298 e. The Morgan fingerprint density at radius 2 is 1.72 bits per heavy atom. The first-order valence-corrected chi connectivity index (χ1v) is 9.11. The van der Waals surface area contributed by atoms with E-state index in [1.54, 1.807) is 6.08 Å². The molecule has 1 nitrogen and oxygen atoms in total. The molecule has 1 unspecified atom stereocenters. The van der Waals surface area contributed by atoms with E-state index in [2.05, 4.69) is 62.0 Å². The fraction of sp³-hybridized carbons (Fsp3) is 0.292. The van der Waals surface area contributed by atoms with Crippen LogP contribution in [0, 0.1) is 5.41 Å². The van der Waals surface area contributed by atoms with E-state index in [0.29, 0.717) is 12.2 Å². The van der Waals surface area contributed by atoms with Crippen LogP contribution in [-0.4, -0.2) is 5.78 Å². The first-order valence-electron chi connectivity index (χ1n) is 9.11. The van der Waals surface area contributed by atoms with Crippen molar-refractivity contribution in [3.8, 4) is 0 Å². The Kier molecular flexibility index (Phi) is 5.33. The number of hydrogen-bond donors (Lipinski definition) is 0. The topological polar surface area (TPSA) is 17.1 Å². The van der Waals surface area contributed by atoms with Crippen molar-refractivity contribution in [1.82, 2.24) is 0 Å². The van der Waals surface area contributed by atoms with Gasteiger partial charge in [-0.3, -0.25) is 4.79 Å². The summed E-state index contributed by atoms with van der Waals surface area (Å²) >= 11 is 0. The fourth-order valence-electron chi connectivity index (χ4n) is 3.98. The van der Waals surface area contributed by atoms with E-state index in [1.165, 1.54) is 22.3 Å². The zero-order valence-electron chi connectivity index (χ0n) is 15.0. The lowest BCUT2D eigenvalue weighted by molar-refractivity contribution is -0.125. The molecule has 2 aromatic carbocycles. The Bertz CT molecular complexity index is 770. The minimum absolute atomic E-state index is 0.293. The number of carbonyl (C=O) groups is 1. The SMILES string of the molecule is C=CCC(=O)C1(C)CCCC(c2ccccc2)=C1Cc1ccccc1. The highest BCUT2D eigenvalue weighted by Gasteiger charge is 2.39. The second-order valence-corrected chi connectivity index (χ2v) is 7.09. The normalized spacial score (nSPS) is 20.4. The van der Waals surface area contributed by atoms with Crippen LogP contribution in [0.15, 0.2) is 78.9 Å². The molecule has 0 amide bonds. The molecule has 0 aliphatic heterocycles. The summed E-state index contributed by atoms with van der Waals surface area (Å²) in [7, 11) is 0. The molecule has 0 spiro atoms. The number of ketones is 1. The fourth-order valence-corrected chi connectivity index (χ4v) is 3.98. The van der Waals surface area contributed by atoms with Crippen LogP contribution in [0.4, 0.5) is 0 Å². The second-order valence-electron chi connectivity index (χ2n) is 7.09. The summed E-state index contributed by atoms with van der Waals surface area (Å²) in [5.74, 6) is 0.293. The van der Waals surface area contributed by atoms with Crippen molar-refractivity contribution in [3.63, 3.8) is 0 Å². The van der Waals surface area contributed by atoms with Gasteiger partial charge in [0.25, 0.3) is 0 Å². The van der Waals surface area contributed by atoms with Gasteiger partial charge in [-0.15, -0.1) is 6.58 Å². The summed E-state index contributed by atoms with van der Waals surface area (Å²) in [6, 6.07) is 21.1. The Labute approximate surface area is 151 Å². The number of hydrogen-bond acceptors (Lipinski definition) is 1. The van der Waals surface area contributed by atoms with Crippen LogP contribution in [-0.2, 0) is 11.2 Å². The predicted molar refractivity (Wildman–Crippen MR) is 105 cm³/mol. The van der Waals surface area contributed by atoms with Gasteiger partial charge in [-0.25, -0.2) is 0 Å². The molecule has 1 aliphatic carbocycles. The predicted octanol–water partition coefficient (Wildman–Crippen LogP) is 6.02. The van der Waals surface area contributed by atoms with Gasteiger partial charge >= 0.3 is 0 Å². The molecule has 0 radical (unpaired) electrons. The maximum absolute atomic E-state index is 13.0. The zero-order chi connectivity index (χ0) is 17.7. The number of rotatable bonds is 6. The number of Topliss-reactive ketones (excluding diaryl/α,β-unsaturated/α-hetero) is 1. The van der Waals surface area contributed by atoms with Crippen LogP contribution in [0.5, 0.6) is 0 Å². The van der Waals surface area contributed by atoms with E-state index in [4.69, 9.17) is 0 Å². The van der Waals surface area contributed by atoms with Crippen LogP contribution in [0.1, 0.15) is 43.7 Å². The summed E-state index contributed by atoms with van der Waals surface area (Å²) in [6.45, 7) is 5.91. The highest BCUT2D eigenvalue weighted by atomic mass is 16.1. The maximum atomic E-state index is 13.0. The lowest BCUT2D eigenvalue weighted by Gasteiger charge is -2.37. The molecule has 0 aromatic heterocycles. The van der Waals surface area contributed by atoms with Crippen molar-refractivity contribution < 1.29 is 4.79 Å². The van der Waals surface area contributed by atoms with Gasteiger partial charge in [0.1, 0.15) is 5.78 Å². The van der Waals surface area contributed by atoms with Crippen LogP contribution < -0.4 is 0 Å². The quantitative estimate of drug-likeness (QED) is 0.592. The first kappa shape index (κ1) is 17.4. The third-order valence-corrected chi connectivity index (χ3v) is 5.43. The number of allylic oxidation sites excluding steroid dienone is 3. The van der Waals surface area contributed by atoms with Crippen molar-refractivity contribution in [2.45, 2.75) is 39.0 Å². The highest BCUT2D eigenvalue weighted by Crippen LogP contribution is 2.46. The molecule has 1 atom stereocenters. The molecule has 1 aliphatic rings. The van der Waals surface area contributed by atoms with Crippen molar-refractivity contribution in [1.29, 1.82) is 0 Å². The number of carbonyl (C=O) groups excluding carboxylic acids is 1. The Balaban J connectivity index is 2.12. The van der Waals surface area contributed by atoms with Gasteiger partial charge < -0.3 is 0 Å². The molecular formula is C24H26O. The summed E-state index contributed by atoms with van der Waals surface area (Å²) in [5, 5.41) is 0. The molecule has 25 heavy (non-hydrogen) atoms. The summed E-state index contributed by atoms with van der Waals surface area (Å²) in [5.41, 5.74) is 4.78. The molecule has 0 saturated carbocycles. The molecule has 128 valence electrons. The molecular weight excluding hydrogens is 304 g/mol. The third-order valence-electron chi connectivity index (χ3n) is 5.43. The molecule has 0 bridgehead atoms. The van der Waals surface area contributed by atoms with Crippen LogP contribution >= 0.6 is 0 Å². The first-order chi connectivity index (χ1) is 12.1. The summed E-state index contributed by atoms with van der Waals surface area (Å²) in [6.07, 6.45) is 6.05. The summed E-state index contributed by atoms with van der Waals surface area (Å²) < 4.78 is 0. The molecule has 3 rings (SSSR count). The lowest BCUT2D eigenvalue weighted by atomic mass is 9.65. The van der Waals surface area contributed by atoms with E-state index in [1.807, 2.05) is 12.1 Å². The Hall–Kier alpha value is -2.41.